The lowest BCUT2D eigenvalue weighted by atomic mass is 10.0. The van der Waals surface area contributed by atoms with E-state index in [-0.39, 0.29) is 6.79 Å². The maximum Gasteiger partial charge on any atom is 0.231 e. The Bertz CT molecular complexity index is 1040. The Morgan fingerprint density at radius 3 is 2.59 bits per heavy atom. The van der Waals surface area contributed by atoms with Gasteiger partial charge in [0.15, 0.2) is 11.5 Å². The lowest BCUT2D eigenvalue weighted by Gasteiger charge is -2.22. The van der Waals surface area contributed by atoms with Crippen LogP contribution in [0.1, 0.15) is 12.0 Å². The van der Waals surface area contributed by atoms with E-state index in [9.17, 15) is 0 Å². The van der Waals surface area contributed by atoms with Crippen molar-refractivity contribution in [2.24, 2.45) is 0 Å². The van der Waals surface area contributed by atoms with Crippen LogP contribution in [0.2, 0.25) is 5.02 Å². The molecule has 1 aromatic heterocycles. The minimum absolute atomic E-state index is 0.268. The zero-order valence-electron chi connectivity index (χ0n) is 16.5. The van der Waals surface area contributed by atoms with Gasteiger partial charge in [-0.15, -0.1) is 0 Å². The monoisotopic (exact) mass is 409 g/mol. The molecule has 0 unspecified atom stereocenters. The van der Waals surface area contributed by atoms with Crippen LogP contribution in [0.3, 0.4) is 0 Å². The number of likely N-dealkylation sites (N-methyl/N-ethyl adjacent to an activating group) is 1. The van der Waals surface area contributed by atoms with Crippen LogP contribution in [0, 0.1) is 0 Å². The molecule has 0 spiro atoms. The lowest BCUT2D eigenvalue weighted by molar-refractivity contribution is 0.174. The van der Waals surface area contributed by atoms with Gasteiger partial charge >= 0.3 is 0 Å². The van der Waals surface area contributed by atoms with Gasteiger partial charge in [-0.3, -0.25) is 4.90 Å². The maximum atomic E-state index is 6.12. The summed E-state index contributed by atoms with van der Waals surface area (Å²) in [6.45, 7) is 5.56. The van der Waals surface area contributed by atoms with Crippen LogP contribution >= 0.6 is 11.6 Å². The summed E-state index contributed by atoms with van der Waals surface area (Å²) in [5.74, 6) is 1.55. The Morgan fingerprint density at radius 2 is 1.76 bits per heavy atom. The Morgan fingerprint density at radius 1 is 0.966 bits per heavy atom. The standard InChI is InChI=1S/C23H24ClN3O2/c1-26-7-2-8-27(10-9-26)14-18-11-17-12-21-22(29-15-28-21)13-20(17)25-23(18)16-3-5-19(24)6-4-16/h3-6,11-13H,2,7-10,14-15H2,1H3. The normalized spacial score (nSPS) is 17.6. The molecule has 0 saturated carbocycles. The van der Waals surface area contributed by atoms with Crippen molar-refractivity contribution in [2.75, 3.05) is 40.0 Å². The van der Waals surface area contributed by atoms with Crippen molar-refractivity contribution < 1.29 is 9.47 Å². The molecule has 3 aromatic rings. The molecule has 5 nitrogen and oxygen atoms in total. The van der Waals surface area contributed by atoms with E-state index >= 15 is 0 Å². The van der Waals surface area contributed by atoms with Gasteiger partial charge < -0.3 is 14.4 Å². The van der Waals surface area contributed by atoms with Gasteiger partial charge in [-0.2, -0.15) is 0 Å². The fourth-order valence-corrected chi connectivity index (χ4v) is 4.21. The molecule has 1 fully saturated rings. The van der Waals surface area contributed by atoms with Crippen LogP contribution in [-0.4, -0.2) is 54.8 Å². The smallest absolute Gasteiger partial charge is 0.231 e. The van der Waals surface area contributed by atoms with Gasteiger partial charge in [-0.05, 0) is 56.4 Å². The molecule has 2 aromatic carbocycles. The number of fused-ring (bicyclic) bond motifs is 2. The third-order valence-electron chi connectivity index (χ3n) is 5.71. The molecular weight excluding hydrogens is 386 g/mol. The average molecular weight is 410 g/mol. The van der Waals surface area contributed by atoms with E-state index in [0.717, 1.165) is 71.4 Å². The molecule has 0 atom stereocenters. The number of nitrogens with zero attached hydrogens (tertiary/aromatic N) is 3. The average Bonchev–Trinajstić information content (AvgIpc) is 3.07. The van der Waals surface area contributed by atoms with Gasteiger partial charge in [0.2, 0.25) is 6.79 Å². The number of hydrogen-bond donors (Lipinski definition) is 0. The molecule has 0 amide bonds. The molecule has 6 heteroatoms. The molecule has 0 radical (unpaired) electrons. The summed E-state index contributed by atoms with van der Waals surface area (Å²) in [5, 5.41) is 1.81. The Hall–Kier alpha value is -2.34. The van der Waals surface area contributed by atoms with E-state index in [0.29, 0.717) is 0 Å². The maximum absolute atomic E-state index is 6.12. The van der Waals surface area contributed by atoms with Crippen LogP contribution in [0.15, 0.2) is 42.5 Å². The van der Waals surface area contributed by atoms with Crippen molar-refractivity contribution in [1.82, 2.24) is 14.8 Å². The second-order valence-electron chi connectivity index (χ2n) is 7.83. The molecule has 1 saturated heterocycles. The summed E-state index contributed by atoms with van der Waals surface area (Å²) < 4.78 is 11.1. The summed E-state index contributed by atoms with van der Waals surface area (Å²) in [4.78, 5) is 9.97. The summed E-state index contributed by atoms with van der Waals surface area (Å²) >= 11 is 6.12. The summed E-state index contributed by atoms with van der Waals surface area (Å²) in [5.41, 5.74) is 4.23. The lowest BCUT2D eigenvalue weighted by Crippen LogP contribution is -2.28. The Balaban J connectivity index is 1.58. The van der Waals surface area contributed by atoms with Crippen molar-refractivity contribution in [1.29, 1.82) is 0 Å². The van der Waals surface area contributed by atoms with Crippen molar-refractivity contribution in [2.45, 2.75) is 13.0 Å². The fourth-order valence-electron chi connectivity index (χ4n) is 4.08. The highest BCUT2D eigenvalue weighted by Crippen LogP contribution is 2.37. The first-order chi connectivity index (χ1) is 14.2. The summed E-state index contributed by atoms with van der Waals surface area (Å²) in [6.07, 6.45) is 1.19. The molecule has 0 bridgehead atoms. The number of ether oxygens (including phenoxy) is 2. The van der Waals surface area contributed by atoms with Crippen LogP contribution in [0.4, 0.5) is 0 Å². The third-order valence-corrected chi connectivity index (χ3v) is 5.96. The number of halogens is 1. The zero-order chi connectivity index (χ0) is 19.8. The molecule has 29 heavy (non-hydrogen) atoms. The second-order valence-corrected chi connectivity index (χ2v) is 8.27. The Labute approximate surface area is 175 Å². The van der Waals surface area contributed by atoms with Crippen LogP contribution in [-0.2, 0) is 6.54 Å². The van der Waals surface area contributed by atoms with Gasteiger partial charge in [0.1, 0.15) is 0 Å². The summed E-state index contributed by atoms with van der Waals surface area (Å²) in [7, 11) is 2.20. The van der Waals surface area contributed by atoms with Crippen LogP contribution < -0.4 is 9.47 Å². The van der Waals surface area contributed by atoms with Crippen LogP contribution in [0.5, 0.6) is 11.5 Å². The van der Waals surface area contributed by atoms with Gasteiger partial charge in [0.25, 0.3) is 0 Å². The molecule has 2 aliphatic rings. The second kappa shape index (κ2) is 7.82. The van der Waals surface area contributed by atoms with Gasteiger partial charge in [-0.1, -0.05) is 23.7 Å². The molecule has 2 aliphatic heterocycles. The zero-order valence-corrected chi connectivity index (χ0v) is 17.3. The van der Waals surface area contributed by atoms with E-state index in [4.69, 9.17) is 26.1 Å². The van der Waals surface area contributed by atoms with Gasteiger partial charge in [0.05, 0.1) is 11.2 Å². The molecule has 0 aliphatic carbocycles. The minimum atomic E-state index is 0.268. The predicted molar refractivity (Wildman–Crippen MR) is 116 cm³/mol. The first kappa shape index (κ1) is 18.7. The molecular formula is C23H24ClN3O2. The van der Waals surface area contributed by atoms with E-state index in [1.807, 2.05) is 36.4 Å². The highest BCUT2D eigenvalue weighted by Gasteiger charge is 2.19. The van der Waals surface area contributed by atoms with E-state index < -0.39 is 0 Å². The first-order valence-corrected chi connectivity index (χ1v) is 10.4. The number of benzene rings is 2. The van der Waals surface area contributed by atoms with Crippen molar-refractivity contribution in [3.8, 4) is 22.8 Å². The molecule has 0 N–H and O–H groups in total. The first-order valence-electron chi connectivity index (χ1n) is 10.1. The van der Waals surface area contributed by atoms with E-state index in [1.165, 1.54) is 12.0 Å². The highest BCUT2D eigenvalue weighted by atomic mass is 35.5. The van der Waals surface area contributed by atoms with Gasteiger partial charge in [-0.25, -0.2) is 4.98 Å². The van der Waals surface area contributed by atoms with E-state index in [1.54, 1.807) is 0 Å². The molecule has 150 valence electrons. The quantitative estimate of drug-likeness (QED) is 0.640. The largest absolute Gasteiger partial charge is 0.454 e. The van der Waals surface area contributed by atoms with Crippen molar-refractivity contribution >= 4 is 22.5 Å². The number of rotatable bonds is 3. The number of hydrogen-bond acceptors (Lipinski definition) is 5. The van der Waals surface area contributed by atoms with E-state index in [2.05, 4.69) is 22.9 Å². The van der Waals surface area contributed by atoms with Crippen molar-refractivity contribution in [3.63, 3.8) is 0 Å². The SMILES string of the molecule is CN1CCCN(Cc2cc3cc4c(cc3nc2-c2ccc(Cl)cc2)OCO4)CC1. The molecule has 3 heterocycles. The third kappa shape index (κ3) is 3.90. The molecule has 5 rings (SSSR count). The topological polar surface area (TPSA) is 37.8 Å². The van der Waals surface area contributed by atoms with Crippen molar-refractivity contribution in [3.05, 3.63) is 53.1 Å². The fraction of sp³-hybridized carbons (Fsp3) is 0.348. The highest BCUT2D eigenvalue weighted by molar-refractivity contribution is 6.30. The summed E-state index contributed by atoms with van der Waals surface area (Å²) in [6, 6.07) is 14.2. The minimum Gasteiger partial charge on any atom is -0.454 e. The van der Waals surface area contributed by atoms with Gasteiger partial charge in [0, 0.05) is 41.7 Å². The predicted octanol–water partition coefficient (Wildman–Crippen LogP) is 4.42. The Kier molecular flexibility index (Phi) is 5.04. The van der Waals surface area contributed by atoms with Crippen LogP contribution in [0.25, 0.3) is 22.2 Å². The number of aromatic nitrogens is 1. The number of pyridine rings is 1.